The van der Waals surface area contributed by atoms with Gasteiger partial charge in [-0.15, -0.1) is 0 Å². The molecule has 2 aromatic heterocycles. The van der Waals surface area contributed by atoms with Gasteiger partial charge in [-0.25, -0.2) is 9.18 Å². The number of likely N-dealkylation sites (tertiary alicyclic amines) is 1. The number of halogens is 4. The van der Waals surface area contributed by atoms with Gasteiger partial charge in [0.05, 0.1) is 43.1 Å². The summed E-state index contributed by atoms with van der Waals surface area (Å²) in [5, 5.41) is 2.51. The summed E-state index contributed by atoms with van der Waals surface area (Å²) in [6.45, 7) is 0.0537. The molecule has 1 amide bonds. The Kier molecular flexibility index (Phi) is 8.68. The molecule has 0 radical (unpaired) electrons. The summed E-state index contributed by atoms with van der Waals surface area (Å²) in [5.41, 5.74) is 2.76. The third kappa shape index (κ3) is 6.15. The van der Waals surface area contributed by atoms with Gasteiger partial charge in [0.15, 0.2) is 5.76 Å². The standard InChI is InChI=1S/C33H33F4N5O5/c1-39-29(43)27-11-10-21(47-27)16-40-14-12-32(13-15-40)28-26(19-46-32)41(17-22-23(33(35,36)37)8-5-9-24(22)34)31(45)42(30(28)44)18-25(38)20-6-3-2-4-7-20/h2-11,25H,12-19,38H2,1H3,(H,39,43). The Bertz CT molecular complexity index is 1910. The van der Waals surface area contributed by atoms with Gasteiger partial charge in [-0.1, -0.05) is 36.4 Å². The molecule has 1 fully saturated rings. The number of nitrogens with one attached hydrogen (secondary N) is 1. The topological polar surface area (TPSA) is 125 Å². The number of furan rings is 1. The number of nitrogens with zero attached hydrogens (tertiary/aromatic N) is 3. The number of fused-ring (bicyclic) bond motifs is 2. The van der Waals surface area contributed by atoms with E-state index in [9.17, 15) is 27.6 Å². The van der Waals surface area contributed by atoms with Crippen molar-refractivity contribution < 1.29 is 31.5 Å². The number of hydrogen-bond acceptors (Lipinski definition) is 7. The van der Waals surface area contributed by atoms with Gasteiger partial charge in [0.2, 0.25) is 0 Å². The second-order valence-electron chi connectivity index (χ2n) is 11.8. The molecule has 2 aromatic carbocycles. The number of piperidine rings is 1. The van der Waals surface area contributed by atoms with Crippen molar-refractivity contribution in [2.75, 3.05) is 20.1 Å². The van der Waals surface area contributed by atoms with Crippen LogP contribution in [0, 0.1) is 5.82 Å². The molecule has 10 nitrogen and oxygen atoms in total. The van der Waals surface area contributed by atoms with Crippen LogP contribution in [0.15, 0.2) is 74.7 Å². The van der Waals surface area contributed by atoms with Crippen LogP contribution < -0.4 is 22.3 Å². The van der Waals surface area contributed by atoms with E-state index in [1.165, 1.54) is 7.05 Å². The highest BCUT2D eigenvalue weighted by molar-refractivity contribution is 5.91. The van der Waals surface area contributed by atoms with Crippen LogP contribution in [0.1, 0.15) is 63.1 Å². The van der Waals surface area contributed by atoms with Gasteiger partial charge in [-0.3, -0.25) is 23.6 Å². The molecule has 47 heavy (non-hydrogen) atoms. The normalized spacial score (nSPS) is 16.7. The molecular weight excluding hydrogens is 622 g/mol. The smallest absolute Gasteiger partial charge is 0.416 e. The molecule has 1 atom stereocenters. The van der Waals surface area contributed by atoms with E-state index in [1.54, 1.807) is 42.5 Å². The lowest BCUT2D eigenvalue weighted by Gasteiger charge is -2.38. The number of nitrogens with two attached hydrogens (primary N) is 1. The van der Waals surface area contributed by atoms with Crippen molar-refractivity contribution in [2.45, 2.75) is 56.9 Å². The third-order valence-electron chi connectivity index (χ3n) is 8.98. The quantitative estimate of drug-likeness (QED) is 0.276. The van der Waals surface area contributed by atoms with Crippen LogP contribution >= 0.6 is 0 Å². The number of carbonyl (C=O) groups is 1. The molecule has 2 aliphatic rings. The Morgan fingerprint density at radius 2 is 1.72 bits per heavy atom. The fraction of sp³-hybridized carbons (Fsp3) is 0.364. The first-order valence-electron chi connectivity index (χ1n) is 15.1. The zero-order valence-electron chi connectivity index (χ0n) is 25.5. The van der Waals surface area contributed by atoms with E-state index in [4.69, 9.17) is 14.9 Å². The van der Waals surface area contributed by atoms with E-state index in [1.807, 2.05) is 0 Å². The predicted molar refractivity (Wildman–Crippen MR) is 162 cm³/mol. The summed E-state index contributed by atoms with van der Waals surface area (Å²) >= 11 is 0. The zero-order valence-corrected chi connectivity index (χ0v) is 25.5. The molecular formula is C33H33F4N5O5. The molecule has 3 N–H and O–H groups in total. The maximum atomic E-state index is 15.0. The first kappa shape index (κ1) is 32.4. The molecule has 248 valence electrons. The molecule has 0 bridgehead atoms. The van der Waals surface area contributed by atoms with Crippen LogP contribution in [-0.2, 0) is 42.8 Å². The Balaban J connectivity index is 1.38. The van der Waals surface area contributed by atoms with Crippen molar-refractivity contribution in [1.82, 2.24) is 19.4 Å². The summed E-state index contributed by atoms with van der Waals surface area (Å²) in [7, 11) is 1.50. The van der Waals surface area contributed by atoms with E-state index < -0.39 is 52.6 Å². The molecule has 14 heteroatoms. The van der Waals surface area contributed by atoms with Crippen molar-refractivity contribution in [3.8, 4) is 0 Å². The summed E-state index contributed by atoms with van der Waals surface area (Å²) in [6.07, 6.45) is -4.22. The number of benzene rings is 2. The van der Waals surface area contributed by atoms with Gasteiger partial charge in [-0.05, 0) is 42.7 Å². The zero-order chi connectivity index (χ0) is 33.5. The molecule has 1 saturated heterocycles. The number of amides is 1. The Morgan fingerprint density at radius 3 is 2.40 bits per heavy atom. The minimum absolute atomic E-state index is 0.121. The molecule has 4 aromatic rings. The summed E-state index contributed by atoms with van der Waals surface area (Å²) in [6, 6.07) is 13.9. The van der Waals surface area contributed by atoms with E-state index in [0.717, 1.165) is 27.3 Å². The average molecular weight is 656 g/mol. The fourth-order valence-corrected chi connectivity index (χ4v) is 6.49. The first-order chi connectivity index (χ1) is 22.4. The number of ether oxygens (including phenoxy) is 1. The highest BCUT2D eigenvalue weighted by Crippen LogP contribution is 2.43. The van der Waals surface area contributed by atoms with Crippen LogP contribution in [0.5, 0.6) is 0 Å². The molecule has 2 aliphatic heterocycles. The monoisotopic (exact) mass is 655 g/mol. The average Bonchev–Trinajstić information content (AvgIpc) is 3.67. The SMILES string of the molecule is CNC(=O)c1ccc(CN2CCC3(CC2)OCc2c3c(=O)n(CC(N)c3ccccc3)c(=O)n2Cc2c(F)cccc2C(F)(F)F)o1. The van der Waals surface area contributed by atoms with Gasteiger partial charge in [0, 0.05) is 31.7 Å². The minimum Gasteiger partial charge on any atom is -0.455 e. The van der Waals surface area contributed by atoms with Gasteiger partial charge in [0.25, 0.3) is 11.5 Å². The number of alkyl halides is 3. The fourth-order valence-electron chi connectivity index (χ4n) is 6.49. The largest absolute Gasteiger partial charge is 0.455 e. The number of hydrogen-bond donors (Lipinski definition) is 2. The van der Waals surface area contributed by atoms with Gasteiger partial charge in [0.1, 0.15) is 17.2 Å². The second kappa shape index (κ2) is 12.6. The molecule has 1 spiro atoms. The Labute approximate surface area is 266 Å². The lowest BCUT2D eigenvalue weighted by atomic mass is 9.85. The maximum absolute atomic E-state index is 15.0. The van der Waals surface area contributed by atoms with E-state index in [-0.39, 0.29) is 36.1 Å². The van der Waals surface area contributed by atoms with E-state index in [0.29, 0.717) is 43.8 Å². The molecule has 4 heterocycles. The lowest BCUT2D eigenvalue weighted by Crippen LogP contribution is -2.49. The predicted octanol–water partition coefficient (Wildman–Crippen LogP) is 3.89. The van der Waals surface area contributed by atoms with Crippen LogP contribution in [0.25, 0.3) is 0 Å². The highest BCUT2D eigenvalue weighted by Gasteiger charge is 2.47. The molecule has 1 unspecified atom stereocenters. The number of aromatic nitrogens is 2. The van der Waals surface area contributed by atoms with Gasteiger partial charge < -0.3 is 20.2 Å². The van der Waals surface area contributed by atoms with Gasteiger partial charge in [-0.2, -0.15) is 13.2 Å². The van der Waals surface area contributed by atoms with Crippen molar-refractivity contribution in [3.05, 3.63) is 127 Å². The number of rotatable bonds is 8. The second-order valence-corrected chi connectivity index (χ2v) is 11.8. The molecule has 0 aliphatic carbocycles. The molecule has 0 saturated carbocycles. The van der Waals surface area contributed by atoms with Crippen molar-refractivity contribution >= 4 is 5.91 Å². The van der Waals surface area contributed by atoms with Crippen LogP contribution in [-0.4, -0.2) is 40.1 Å². The lowest BCUT2D eigenvalue weighted by molar-refractivity contribution is -0.138. The van der Waals surface area contributed by atoms with Crippen molar-refractivity contribution in [1.29, 1.82) is 0 Å². The summed E-state index contributed by atoms with van der Waals surface area (Å²) < 4.78 is 70.8. The van der Waals surface area contributed by atoms with Crippen LogP contribution in [0.2, 0.25) is 0 Å². The number of carbonyl (C=O) groups excluding carboxylic acids is 1. The summed E-state index contributed by atoms with van der Waals surface area (Å²) in [4.78, 5) is 42.1. The van der Waals surface area contributed by atoms with Crippen LogP contribution in [0.4, 0.5) is 17.6 Å². The minimum atomic E-state index is -4.88. The maximum Gasteiger partial charge on any atom is 0.416 e. The Morgan fingerprint density at radius 1 is 1.00 bits per heavy atom. The first-order valence-corrected chi connectivity index (χ1v) is 15.1. The Hall–Kier alpha value is -4.53. The summed E-state index contributed by atoms with van der Waals surface area (Å²) in [5.74, 6) is -0.723. The van der Waals surface area contributed by atoms with E-state index in [2.05, 4.69) is 10.2 Å². The van der Waals surface area contributed by atoms with Crippen molar-refractivity contribution in [2.24, 2.45) is 5.73 Å². The van der Waals surface area contributed by atoms with Gasteiger partial charge >= 0.3 is 11.9 Å². The van der Waals surface area contributed by atoms with Crippen molar-refractivity contribution in [3.63, 3.8) is 0 Å². The molecule has 6 rings (SSSR count). The third-order valence-corrected chi connectivity index (χ3v) is 8.98. The highest BCUT2D eigenvalue weighted by atomic mass is 19.4. The van der Waals surface area contributed by atoms with Crippen LogP contribution in [0.3, 0.4) is 0 Å². The van der Waals surface area contributed by atoms with E-state index >= 15 is 4.39 Å².